The Morgan fingerprint density at radius 3 is 2.65 bits per heavy atom. The van der Waals surface area contributed by atoms with Crippen LogP contribution in [0.25, 0.3) is 0 Å². The predicted octanol–water partition coefficient (Wildman–Crippen LogP) is 4.61. The van der Waals surface area contributed by atoms with Crippen molar-refractivity contribution in [3.8, 4) is 0 Å². The zero-order valence-electron chi connectivity index (χ0n) is 12.3. The number of likely N-dealkylation sites (N-methyl/N-ethyl adjacent to an activating group) is 1. The summed E-state index contributed by atoms with van der Waals surface area (Å²) in [7, 11) is 1.86. The number of carbonyl (C=O) groups is 1. The molecule has 0 aromatic heterocycles. The van der Waals surface area contributed by atoms with Gasteiger partial charge < -0.3 is 4.90 Å². The predicted molar refractivity (Wildman–Crippen MR) is 86.4 cm³/mol. The van der Waals surface area contributed by atoms with Gasteiger partial charge in [-0.15, -0.1) is 0 Å². The Labute approximate surface area is 129 Å². The van der Waals surface area contributed by atoms with E-state index in [-0.39, 0.29) is 5.91 Å². The topological polar surface area (TPSA) is 20.3 Å². The number of nitrogens with zero attached hydrogens (tertiary/aromatic N) is 1. The van der Waals surface area contributed by atoms with Crippen molar-refractivity contribution < 1.29 is 4.79 Å². The van der Waals surface area contributed by atoms with Gasteiger partial charge in [-0.3, -0.25) is 4.79 Å². The molecule has 2 aliphatic rings. The summed E-state index contributed by atoms with van der Waals surface area (Å²) in [5.41, 5.74) is 3.93. The molecule has 1 aromatic rings. The van der Waals surface area contributed by atoms with E-state index in [1.807, 2.05) is 7.05 Å². The smallest absolute Gasteiger partial charge is 0.231 e. The van der Waals surface area contributed by atoms with Crippen molar-refractivity contribution in [1.82, 2.24) is 0 Å². The van der Waals surface area contributed by atoms with Gasteiger partial charge in [0, 0.05) is 17.6 Å². The summed E-state index contributed by atoms with van der Waals surface area (Å²) in [6, 6.07) is 6.53. The number of alkyl halides is 1. The van der Waals surface area contributed by atoms with E-state index in [0.29, 0.717) is 16.7 Å². The molecule has 0 saturated heterocycles. The lowest BCUT2D eigenvalue weighted by atomic mass is 9.72. The van der Waals surface area contributed by atoms with E-state index in [0.717, 1.165) is 5.69 Å². The second-order valence-corrected chi connectivity index (χ2v) is 7.51. The molecule has 3 rings (SSSR count). The molecule has 1 heterocycles. The monoisotopic (exact) mass is 335 g/mol. The number of hydrogen-bond acceptors (Lipinski definition) is 1. The van der Waals surface area contributed by atoms with Gasteiger partial charge in [0.05, 0.1) is 6.42 Å². The highest BCUT2D eigenvalue weighted by Gasteiger charge is 2.35. The molecule has 20 heavy (non-hydrogen) atoms. The van der Waals surface area contributed by atoms with E-state index >= 15 is 0 Å². The molecule has 1 aromatic carbocycles. The number of hydrogen-bond donors (Lipinski definition) is 0. The fourth-order valence-electron chi connectivity index (χ4n) is 3.66. The third-order valence-electron chi connectivity index (χ3n) is 5.08. The maximum atomic E-state index is 11.8. The van der Waals surface area contributed by atoms with Crippen molar-refractivity contribution in [2.24, 2.45) is 5.41 Å². The second kappa shape index (κ2) is 5.18. The lowest BCUT2D eigenvalue weighted by molar-refractivity contribution is -0.117. The highest BCUT2D eigenvalue weighted by atomic mass is 79.9. The number of amides is 1. The summed E-state index contributed by atoms with van der Waals surface area (Å²) >= 11 is 3.94. The van der Waals surface area contributed by atoms with Crippen LogP contribution in [0.2, 0.25) is 0 Å². The first-order valence-corrected chi connectivity index (χ1v) is 8.46. The number of anilines is 1. The standard InChI is InChI=1S/C17H22BrNO/c1-17(8-4-3-5-9-17)16(18)12-6-7-14-13(10-12)11-15(20)19(14)2/h6-7,10,16H,3-5,8-9,11H2,1-2H3. The number of rotatable bonds is 2. The van der Waals surface area contributed by atoms with Gasteiger partial charge in [-0.1, -0.05) is 54.2 Å². The number of halogens is 1. The number of benzene rings is 1. The molecular weight excluding hydrogens is 314 g/mol. The van der Waals surface area contributed by atoms with Crippen molar-refractivity contribution in [2.45, 2.75) is 50.3 Å². The first-order chi connectivity index (χ1) is 9.51. The molecule has 1 unspecified atom stereocenters. The molecule has 1 fully saturated rings. The van der Waals surface area contributed by atoms with Crippen molar-refractivity contribution in [2.75, 3.05) is 11.9 Å². The Morgan fingerprint density at radius 1 is 1.25 bits per heavy atom. The Kier molecular flexibility index (Phi) is 3.65. The van der Waals surface area contributed by atoms with E-state index in [1.54, 1.807) is 4.90 Å². The van der Waals surface area contributed by atoms with Gasteiger partial charge in [0.2, 0.25) is 5.91 Å². The van der Waals surface area contributed by atoms with Crippen LogP contribution in [-0.4, -0.2) is 13.0 Å². The van der Waals surface area contributed by atoms with E-state index in [2.05, 4.69) is 41.1 Å². The minimum absolute atomic E-state index is 0.201. The molecule has 0 bridgehead atoms. The Hall–Kier alpha value is -0.830. The van der Waals surface area contributed by atoms with Gasteiger partial charge in [0.25, 0.3) is 0 Å². The molecule has 1 atom stereocenters. The van der Waals surface area contributed by atoms with Crippen LogP contribution in [0.1, 0.15) is 55.0 Å². The Balaban J connectivity index is 1.88. The van der Waals surface area contributed by atoms with Crippen molar-refractivity contribution >= 4 is 27.5 Å². The highest BCUT2D eigenvalue weighted by Crippen LogP contribution is 2.50. The SMILES string of the molecule is CN1C(=O)Cc2cc(C(Br)C3(C)CCCCC3)ccc21. The Morgan fingerprint density at radius 2 is 1.95 bits per heavy atom. The summed E-state index contributed by atoms with van der Waals surface area (Å²) in [5, 5.41) is 0. The van der Waals surface area contributed by atoms with Gasteiger partial charge in [0.1, 0.15) is 0 Å². The zero-order chi connectivity index (χ0) is 14.3. The summed E-state index contributed by atoms with van der Waals surface area (Å²) in [5.74, 6) is 0.201. The van der Waals surface area contributed by atoms with E-state index in [4.69, 9.17) is 0 Å². The van der Waals surface area contributed by atoms with Crippen molar-refractivity contribution in [1.29, 1.82) is 0 Å². The van der Waals surface area contributed by atoms with Gasteiger partial charge in [-0.25, -0.2) is 0 Å². The van der Waals surface area contributed by atoms with Crippen LogP contribution in [0.5, 0.6) is 0 Å². The minimum atomic E-state index is 0.201. The molecule has 0 N–H and O–H groups in total. The fraction of sp³-hybridized carbons (Fsp3) is 0.588. The van der Waals surface area contributed by atoms with Gasteiger partial charge >= 0.3 is 0 Å². The maximum Gasteiger partial charge on any atom is 0.231 e. The normalized spacial score (nSPS) is 22.8. The molecule has 1 aliphatic heterocycles. The molecule has 1 aliphatic carbocycles. The average molecular weight is 336 g/mol. The van der Waals surface area contributed by atoms with E-state index in [1.165, 1.54) is 43.2 Å². The van der Waals surface area contributed by atoms with Gasteiger partial charge in [-0.05, 0) is 35.4 Å². The summed E-state index contributed by atoms with van der Waals surface area (Å²) < 4.78 is 0. The quantitative estimate of drug-likeness (QED) is 0.722. The van der Waals surface area contributed by atoms with Gasteiger partial charge in [0.15, 0.2) is 0 Å². The maximum absolute atomic E-state index is 11.8. The molecule has 0 radical (unpaired) electrons. The van der Waals surface area contributed by atoms with E-state index < -0.39 is 0 Å². The first kappa shape index (κ1) is 14.1. The Bertz CT molecular complexity index is 534. The van der Waals surface area contributed by atoms with Crippen LogP contribution >= 0.6 is 15.9 Å². The van der Waals surface area contributed by atoms with Crippen LogP contribution in [0.15, 0.2) is 18.2 Å². The van der Waals surface area contributed by atoms with Crippen LogP contribution in [0.3, 0.4) is 0 Å². The summed E-state index contributed by atoms with van der Waals surface area (Å²) in [6.07, 6.45) is 7.18. The molecule has 1 amide bonds. The first-order valence-electron chi connectivity index (χ1n) is 7.55. The largest absolute Gasteiger partial charge is 0.315 e. The molecular formula is C17H22BrNO. The van der Waals surface area contributed by atoms with Crippen LogP contribution in [0.4, 0.5) is 5.69 Å². The lowest BCUT2D eigenvalue weighted by Crippen LogP contribution is -2.25. The average Bonchev–Trinajstić information content (AvgIpc) is 2.73. The molecule has 1 saturated carbocycles. The number of carbonyl (C=O) groups excluding carboxylic acids is 1. The lowest BCUT2D eigenvalue weighted by Gasteiger charge is -2.38. The second-order valence-electron chi connectivity index (χ2n) is 6.59. The zero-order valence-corrected chi connectivity index (χ0v) is 13.9. The van der Waals surface area contributed by atoms with Gasteiger partial charge in [-0.2, -0.15) is 0 Å². The molecule has 3 heteroatoms. The van der Waals surface area contributed by atoms with Crippen molar-refractivity contribution in [3.63, 3.8) is 0 Å². The molecule has 0 spiro atoms. The molecule has 2 nitrogen and oxygen atoms in total. The third kappa shape index (κ3) is 2.30. The summed E-state index contributed by atoms with van der Waals surface area (Å²) in [4.78, 5) is 13.9. The number of fused-ring (bicyclic) bond motifs is 1. The highest BCUT2D eigenvalue weighted by molar-refractivity contribution is 9.09. The molecule has 108 valence electrons. The van der Waals surface area contributed by atoms with Crippen LogP contribution < -0.4 is 4.90 Å². The minimum Gasteiger partial charge on any atom is -0.315 e. The van der Waals surface area contributed by atoms with Crippen LogP contribution in [0, 0.1) is 5.41 Å². The van der Waals surface area contributed by atoms with Crippen LogP contribution in [-0.2, 0) is 11.2 Å². The third-order valence-corrected chi connectivity index (χ3v) is 6.71. The summed E-state index contributed by atoms with van der Waals surface area (Å²) in [6.45, 7) is 2.40. The van der Waals surface area contributed by atoms with Crippen molar-refractivity contribution in [3.05, 3.63) is 29.3 Å². The fourth-order valence-corrected chi connectivity index (χ4v) is 4.41. The van der Waals surface area contributed by atoms with E-state index in [9.17, 15) is 4.79 Å².